The van der Waals surface area contributed by atoms with Gasteiger partial charge in [0.15, 0.2) is 5.69 Å². The van der Waals surface area contributed by atoms with E-state index in [1.54, 1.807) is 6.07 Å². The average molecular weight is 336 g/mol. The highest BCUT2D eigenvalue weighted by atomic mass is 19.1. The third-order valence-electron chi connectivity index (χ3n) is 2.93. The molecular weight excluding hydrogens is 323 g/mol. The SMILES string of the molecule is COC(=O)c1nnn(CC(=O)Nc2ccccc2F)c1C(=O)OC. The van der Waals surface area contributed by atoms with Crippen molar-refractivity contribution in [3.05, 3.63) is 41.5 Å². The number of carbonyl (C=O) groups is 3. The van der Waals surface area contributed by atoms with E-state index in [1.807, 2.05) is 0 Å². The van der Waals surface area contributed by atoms with E-state index in [1.165, 1.54) is 18.2 Å². The van der Waals surface area contributed by atoms with Crippen molar-refractivity contribution >= 4 is 23.5 Å². The summed E-state index contributed by atoms with van der Waals surface area (Å²) in [5.74, 6) is -3.12. The Bertz CT molecular complexity index is 789. The average Bonchev–Trinajstić information content (AvgIpc) is 2.99. The lowest BCUT2D eigenvalue weighted by atomic mass is 10.3. The zero-order valence-electron chi connectivity index (χ0n) is 12.8. The third kappa shape index (κ3) is 3.54. The minimum absolute atomic E-state index is 0.0320. The summed E-state index contributed by atoms with van der Waals surface area (Å²) >= 11 is 0. The topological polar surface area (TPSA) is 112 Å². The van der Waals surface area contributed by atoms with Gasteiger partial charge in [0.25, 0.3) is 0 Å². The molecule has 0 aliphatic heterocycles. The van der Waals surface area contributed by atoms with Crippen LogP contribution in [-0.4, -0.2) is 47.1 Å². The number of nitrogens with zero attached hydrogens (tertiary/aromatic N) is 3. The number of aromatic nitrogens is 3. The number of hydrogen-bond donors (Lipinski definition) is 1. The zero-order chi connectivity index (χ0) is 17.7. The van der Waals surface area contributed by atoms with Crippen molar-refractivity contribution < 1.29 is 28.2 Å². The van der Waals surface area contributed by atoms with E-state index in [4.69, 9.17) is 0 Å². The first-order chi connectivity index (χ1) is 11.5. The van der Waals surface area contributed by atoms with Gasteiger partial charge in [-0.15, -0.1) is 5.10 Å². The lowest BCUT2D eigenvalue weighted by Gasteiger charge is -2.08. The van der Waals surface area contributed by atoms with Gasteiger partial charge >= 0.3 is 11.9 Å². The van der Waals surface area contributed by atoms with Crippen LogP contribution in [0, 0.1) is 5.82 Å². The molecular formula is C14H13FN4O5. The van der Waals surface area contributed by atoms with Crippen molar-refractivity contribution in [3.63, 3.8) is 0 Å². The summed E-state index contributed by atoms with van der Waals surface area (Å²) in [6, 6.07) is 5.57. The Labute approximate surface area is 135 Å². The molecule has 1 amide bonds. The molecule has 1 heterocycles. The molecule has 0 bridgehead atoms. The Kier molecular flexibility index (Phi) is 5.20. The van der Waals surface area contributed by atoms with Gasteiger partial charge in [-0.25, -0.2) is 18.7 Å². The predicted molar refractivity (Wildman–Crippen MR) is 77.7 cm³/mol. The van der Waals surface area contributed by atoms with Crippen molar-refractivity contribution in [1.29, 1.82) is 0 Å². The van der Waals surface area contributed by atoms with Crippen molar-refractivity contribution in [2.24, 2.45) is 0 Å². The number of esters is 2. The lowest BCUT2D eigenvalue weighted by molar-refractivity contribution is -0.117. The molecule has 24 heavy (non-hydrogen) atoms. The van der Waals surface area contributed by atoms with E-state index in [9.17, 15) is 18.8 Å². The number of para-hydroxylation sites is 1. The molecule has 0 radical (unpaired) electrons. The van der Waals surface area contributed by atoms with Crippen LogP contribution in [0.2, 0.25) is 0 Å². The monoisotopic (exact) mass is 336 g/mol. The van der Waals surface area contributed by atoms with Crippen LogP contribution in [0.4, 0.5) is 10.1 Å². The molecule has 0 atom stereocenters. The maximum atomic E-state index is 13.5. The van der Waals surface area contributed by atoms with E-state index in [-0.39, 0.29) is 17.1 Å². The summed E-state index contributed by atoms with van der Waals surface area (Å²) in [6.45, 7) is -0.483. The van der Waals surface area contributed by atoms with Crippen LogP contribution >= 0.6 is 0 Å². The number of anilines is 1. The fraction of sp³-hybridized carbons (Fsp3) is 0.214. The molecule has 1 aromatic carbocycles. The predicted octanol–water partition coefficient (Wildman–Crippen LogP) is 0.629. The van der Waals surface area contributed by atoms with Crippen LogP contribution in [0.5, 0.6) is 0 Å². The van der Waals surface area contributed by atoms with Crippen LogP contribution in [-0.2, 0) is 20.8 Å². The Balaban J connectivity index is 2.24. The Morgan fingerprint density at radius 3 is 2.46 bits per heavy atom. The van der Waals surface area contributed by atoms with E-state index >= 15 is 0 Å². The van der Waals surface area contributed by atoms with Crippen molar-refractivity contribution in [1.82, 2.24) is 15.0 Å². The highest BCUT2D eigenvalue weighted by Gasteiger charge is 2.27. The van der Waals surface area contributed by atoms with Crippen molar-refractivity contribution in [2.45, 2.75) is 6.54 Å². The summed E-state index contributed by atoms with van der Waals surface area (Å²) in [6.07, 6.45) is 0. The second-order valence-electron chi connectivity index (χ2n) is 4.46. The molecule has 1 N–H and O–H groups in total. The first kappa shape index (κ1) is 17.1. The van der Waals surface area contributed by atoms with Gasteiger partial charge in [-0.1, -0.05) is 17.3 Å². The molecule has 0 aliphatic rings. The van der Waals surface area contributed by atoms with Crippen molar-refractivity contribution in [2.75, 3.05) is 19.5 Å². The van der Waals surface area contributed by atoms with Gasteiger partial charge in [-0.05, 0) is 12.1 Å². The number of benzene rings is 1. The molecule has 2 rings (SSSR count). The van der Waals surface area contributed by atoms with Gasteiger partial charge in [0.2, 0.25) is 11.6 Å². The van der Waals surface area contributed by atoms with E-state index in [0.29, 0.717) is 0 Å². The molecule has 0 fully saturated rings. The standard InChI is InChI=1S/C14H13FN4O5/c1-23-13(21)11-12(14(22)24-2)19(18-17-11)7-10(20)16-9-6-4-3-5-8(9)15/h3-6H,7H2,1-2H3,(H,16,20). The molecule has 0 unspecified atom stereocenters. The quantitative estimate of drug-likeness (QED) is 0.797. The van der Waals surface area contributed by atoms with Crippen LogP contribution < -0.4 is 5.32 Å². The molecule has 1 aromatic heterocycles. The number of ether oxygens (including phenoxy) is 2. The highest BCUT2D eigenvalue weighted by Crippen LogP contribution is 2.13. The van der Waals surface area contributed by atoms with Crippen molar-refractivity contribution in [3.8, 4) is 0 Å². The molecule has 10 heteroatoms. The smallest absolute Gasteiger partial charge is 0.361 e. The fourth-order valence-electron chi connectivity index (χ4n) is 1.84. The van der Waals surface area contributed by atoms with Gasteiger partial charge in [-0.3, -0.25) is 4.79 Å². The first-order valence-corrected chi connectivity index (χ1v) is 6.62. The Morgan fingerprint density at radius 1 is 1.17 bits per heavy atom. The largest absolute Gasteiger partial charge is 0.464 e. The number of carbonyl (C=O) groups excluding carboxylic acids is 3. The fourth-order valence-corrected chi connectivity index (χ4v) is 1.84. The Hall–Kier alpha value is -3.30. The number of hydrogen-bond acceptors (Lipinski definition) is 7. The van der Waals surface area contributed by atoms with Crippen LogP contribution in [0.1, 0.15) is 21.0 Å². The summed E-state index contributed by atoms with van der Waals surface area (Å²) in [4.78, 5) is 35.4. The number of rotatable bonds is 5. The summed E-state index contributed by atoms with van der Waals surface area (Å²) in [5.41, 5.74) is -0.758. The lowest BCUT2D eigenvalue weighted by Crippen LogP contribution is -2.24. The van der Waals surface area contributed by atoms with Gasteiger partial charge in [-0.2, -0.15) is 0 Å². The molecule has 126 valence electrons. The zero-order valence-corrected chi connectivity index (χ0v) is 12.8. The molecule has 0 aliphatic carbocycles. The first-order valence-electron chi connectivity index (χ1n) is 6.62. The van der Waals surface area contributed by atoms with Gasteiger partial charge in [0, 0.05) is 0 Å². The highest BCUT2D eigenvalue weighted by molar-refractivity contribution is 6.01. The van der Waals surface area contributed by atoms with Crippen LogP contribution in [0.15, 0.2) is 24.3 Å². The van der Waals surface area contributed by atoms with E-state index in [2.05, 4.69) is 25.1 Å². The molecule has 0 saturated carbocycles. The van der Waals surface area contributed by atoms with Gasteiger partial charge in [0.1, 0.15) is 12.4 Å². The second kappa shape index (κ2) is 7.31. The molecule has 0 saturated heterocycles. The Morgan fingerprint density at radius 2 is 1.83 bits per heavy atom. The third-order valence-corrected chi connectivity index (χ3v) is 2.93. The van der Waals surface area contributed by atoms with Gasteiger partial charge in [0.05, 0.1) is 19.9 Å². The second-order valence-corrected chi connectivity index (χ2v) is 4.46. The number of methoxy groups -OCH3 is 2. The minimum Gasteiger partial charge on any atom is -0.464 e. The maximum Gasteiger partial charge on any atom is 0.361 e. The minimum atomic E-state index is -0.918. The molecule has 0 spiro atoms. The van der Waals surface area contributed by atoms with Crippen LogP contribution in [0.3, 0.4) is 0 Å². The van der Waals surface area contributed by atoms with E-state index < -0.39 is 30.2 Å². The summed E-state index contributed by atoms with van der Waals surface area (Å²) < 4.78 is 23.4. The summed E-state index contributed by atoms with van der Waals surface area (Å²) in [5, 5.41) is 9.41. The maximum absolute atomic E-state index is 13.5. The summed E-state index contributed by atoms with van der Waals surface area (Å²) in [7, 11) is 2.20. The normalized spacial score (nSPS) is 10.1. The number of halogens is 1. The van der Waals surface area contributed by atoms with Crippen LogP contribution in [0.25, 0.3) is 0 Å². The molecule has 2 aromatic rings. The van der Waals surface area contributed by atoms with E-state index in [0.717, 1.165) is 18.9 Å². The number of nitrogens with one attached hydrogen (secondary N) is 1. The molecule has 9 nitrogen and oxygen atoms in total. The number of amides is 1. The van der Waals surface area contributed by atoms with Gasteiger partial charge < -0.3 is 14.8 Å².